The number of pyridine rings is 1. The summed E-state index contributed by atoms with van der Waals surface area (Å²) in [4.78, 5) is 21.5. The van der Waals surface area contributed by atoms with Crippen LogP contribution in [0.4, 0.5) is 0 Å². The predicted octanol–water partition coefficient (Wildman–Crippen LogP) is 1.31. The standard InChI is InChI=1S/C19H27N3O3/c23-18(17-4-2-9-25-17)22-8-10-24-15-19(14-22)5-7-21(13-19)12-16-3-1-6-20-11-16/h1,3,6,11,17H,2,4-5,7-10,12-15H2/t17-,19?/m0/s1. The van der Waals surface area contributed by atoms with E-state index >= 15 is 0 Å². The molecule has 3 aliphatic rings. The van der Waals surface area contributed by atoms with Gasteiger partial charge >= 0.3 is 0 Å². The Morgan fingerprint density at radius 1 is 1.32 bits per heavy atom. The Bertz CT molecular complexity index is 591. The molecule has 1 unspecified atom stereocenters. The molecule has 4 rings (SSSR count). The maximum absolute atomic E-state index is 12.8. The minimum Gasteiger partial charge on any atom is -0.379 e. The molecular weight excluding hydrogens is 318 g/mol. The second-order valence-corrected chi connectivity index (χ2v) is 7.64. The highest BCUT2D eigenvalue weighted by atomic mass is 16.5. The van der Waals surface area contributed by atoms with Gasteiger partial charge in [-0.2, -0.15) is 0 Å². The first-order valence-corrected chi connectivity index (χ1v) is 9.34. The summed E-state index contributed by atoms with van der Waals surface area (Å²) in [7, 11) is 0. The highest BCUT2D eigenvalue weighted by Gasteiger charge is 2.43. The number of hydrogen-bond donors (Lipinski definition) is 0. The van der Waals surface area contributed by atoms with Gasteiger partial charge in [-0.1, -0.05) is 6.07 Å². The number of ether oxygens (including phenoxy) is 2. The lowest BCUT2D eigenvalue weighted by Crippen LogP contribution is -2.46. The van der Waals surface area contributed by atoms with Crippen LogP contribution in [0.3, 0.4) is 0 Å². The number of hydrogen-bond acceptors (Lipinski definition) is 5. The third-order valence-corrected chi connectivity index (χ3v) is 5.60. The van der Waals surface area contributed by atoms with Crippen LogP contribution >= 0.6 is 0 Å². The summed E-state index contributed by atoms with van der Waals surface area (Å²) < 4.78 is 11.5. The highest BCUT2D eigenvalue weighted by Crippen LogP contribution is 2.34. The minimum absolute atomic E-state index is 0.0486. The van der Waals surface area contributed by atoms with Gasteiger partial charge in [0.15, 0.2) is 0 Å². The molecule has 0 aromatic carbocycles. The van der Waals surface area contributed by atoms with Crippen molar-refractivity contribution in [1.29, 1.82) is 0 Å². The van der Waals surface area contributed by atoms with E-state index in [1.54, 1.807) is 0 Å². The van der Waals surface area contributed by atoms with E-state index in [0.29, 0.717) is 19.8 Å². The van der Waals surface area contributed by atoms with Crippen molar-refractivity contribution < 1.29 is 14.3 Å². The molecule has 25 heavy (non-hydrogen) atoms. The smallest absolute Gasteiger partial charge is 0.251 e. The van der Waals surface area contributed by atoms with E-state index in [1.807, 2.05) is 23.4 Å². The monoisotopic (exact) mass is 345 g/mol. The molecular formula is C19H27N3O3. The van der Waals surface area contributed by atoms with Crippen LogP contribution in [0.2, 0.25) is 0 Å². The molecule has 0 N–H and O–H groups in total. The third-order valence-electron chi connectivity index (χ3n) is 5.60. The Balaban J connectivity index is 1.41. The van der Waals surface area contributed by atoms with Gasteiger partial charge in [0, 0.05) is 50.6 Å². The molecule has 6 heteroatoms. The second-order valence-electron chi connectivity index (χ2n) is 7.64. The lowest BCUT2D eigenvalue weighted by atomic mass is 9.87. The summed E-state index contributed by atoms with van der Waals surface area (Å²) in [6, 6.07) is 4.10. The van der Waals surface area contributed by atoms with Crippen LogP contribution in [-0.4, -0.2) is 72.8 Å². The molecule has 3 fully saturated rings. The quantitative estimate of drug-likeness (QED) is 0.827. The second kappa shape index (κ2) is 7.40. The van der Waals surface area contributed by atoms with Crippen LogP contribution in [0.5, 0.6) is 0 Å². The zero-order chi connectivity index (χ0) is 17.1. The topological polar surface area (TPSA) is 54.9 Å². The predicted molar refractivity (Wildman–Crippen MR) is 92.9 cm³/mol. The van der Waals surface area contributed by atoms with Crippen LogP contribution in [0.25, 0.3) is 0 Å². The van der Waals surface area contributed by atoms with Crippen LogP contribution in [0, 0.1) is 5.41 Å². The Morgan fingerprint density at radius 2 is 2.28 bits per heavy atom. The van der Waals surface area contributed by atoms with E-state index < -0.39 is 0 Å². The van der Waals surface area contributed by atoms with Crippen molar-refractivity contribution in [2.75, 3.05) is 46.0 Å². The highest BCUT2D eigenvalue weighted by molar-refractivity contribution is 5.81. The van der Waals surface area contributed by atoms with Gasteiger partial charge < -0.3 is 14.4 Å². The van der Waals surface area contributed by atoms with Crippen molar-refractivity contribution in [3.8, 4) is 0 Å². The van der Waals surface area contributed by atoms with E-state index in [4.69, 9.17) is 9.47 Å². The maximum atomic E-state index is 12.8. The fourth-order valence-electron chi connectivity index (χ4n) is 4.32. The largest absolute Gasteiger partial charge is 0.379 e. The molecule has 4 heterocycles. The summed E-state index contributed by atoms with van der Waals surface area (Å²) in [5, 5.41) is 0. The van der Waals surface area contributed by atoms with Crippen LogP contribution in [0.15, 0.2) is 24.5 Å². The lowest BCUT2D eigenvalue weighted by molar-refractivity contribution is -0.142. The van der Waals surface area contributed by atoms with Crippen molar-refractivity contribution in [1.82, 2.24) is 14.8 Å². The van der Waals surface area contributed by atoms with E-state index in [2.05, 4.69) is 16.0 Å². The molecule has 1 spiro atoms. The van der Waals surface area contributed by atoms with Gasteiger partial charge in [-0.15, -0.1) is 0 Å². The zero-order valence-corrected chi connectivity index (χ0v) is 14.7. The molecule has 0 radical (unpaired) electrons. The Labute approximate surface area is 149 Å². The van der Waals surface area contributed by atoms with E-state index in [-0.39, 0.29) is 17.4 Å². The first-order valence-electron chi connectivity index (χ1n) is 9.34. The molecule has 0 bridgehead atoms. The van der Waals surface area contributed by atoms with E-state index in [0.717, 1.165) is 52.0 Å². The van der Waals surface area contributed by atoms with Crippen molar-refractivity contribution in [2.24, 2.45) is 5.41 Å². The number of rotatable bonds is 3. The first-order chi connectivity index (χ1) is 12.2. The van der Waals surface area contributed by atoms with Crippen LogP contribution < -0.4 is 0 Å². The van der Waals surface area contributed by atoms with Crippen molar-refractivity contribution in [3.63, 3.8) is 0 Å². The van der Waals surface area contributed by atoms with E-state index in [1.165, 1.54) is 5.56 Å². The number of nitrogens with zero attached hydrogens (tertiary/aromatic N) is 3. The first kappa shape index (κ1) is 16.9. The number of carbonyl (C=O) groups excluding carboxylic acids is 1. The molecule has 1 amide bonds. The summed E-state index contributed by atoms with van der Waals surface area (Å²) in [5.74, 6) is 0.160. The molecule has 2 atom stereocenters. The van der Waals surface area contributed by atoms with Crippen LogP contribution in [-0.2, 0) is 20.8 Å². The fraction of sp³-hybridized carbons (Fsp3) is 0.684. The number of carbonyl (C=O) groups is 1. The van der Waals surface area contributed by atoms with Crippen molar-refractivity contribution in [3.05, 3.63) is 30.1 Å². The number of likely N-dealkylation sites (tertiary alicyclic amines) is 1. The van der Waals surface area contributed by atoms with Gasteiger partial charge in [0.05, 0.1) is 13.2 Å². The maximum Gasteiger partial charge on any atom is 0.251 e. The van der Waals surface area contributed by atoms with Crippen molar-refractivity contribution >= 4 is 5.91 Å². The van der Waals surface area contributed by atoms with Gasteiger partial charge in [0.2, 0.25) is 0 Å². The lowest BCUT2D eigenvalue weighted by Gasteiger charge is -2.33. The molecule has 1 aromatic heterocycles. The van der Waals surface area contributed by atoms with Gasteiger partial charge in [-0.3, -0.25) is 14.7 Å². The molecule has 3 saturated heterocycles. The van der Waals surface area contributed by atoms with Gasteiger partial charge in [-0.25, -0.2) is 0 Å². The average molecular weight is 345 g/mol. The molecule has 3 aliphatic heterocycles. The molecule has 0 aliphatic carbocycles. The normalized spacial score (nSPS) is 30.7. The summed E-state index contributed by atoms with van der Waals surface area (Å²) >= 11 is 0. The number of amides is 1. The molecule has 136 valence electrons. The summed E-state index contributed by atoms with van der Waals surface area (Å²) in [6.07, 6.45) is 6.43. The van der Waals surface area contributed by atoms with Crippen molar-refractivity contribution in [2.45, 2.75) is 31.9 Å². The van der Waals surface area contributed by atoms with Gasteiger partial charge in [0.1, 0.15) is 6.10 Å². The molecule has 1 aromatic rings. The number of aromatic nitrogens is 1. The molecule has 0 saturated carbocycles. The summed E-state index contributed by atoms with van der Waals surface area (Å²) in [5.41, 5.74) is 1.29. The average Bonchev–Trinajstić information content (AvgIpc) is 3.24. The Morgan fingerprint density at radius 3 is 3.08 bits per heavy atom. The van der Waals surface area contributed by atoms with Gasteiger partial charge in [-0.05, 0) is 37.4 Å². The molecule has 6 nitrogen and oxygen atoms in total. The third kappa shape index (κ3) is 3.86. The minimum atomic E-state index is -0.233. The fourth-order valence-corrected chi connectivity index (χ4v) is 4.32. The SMILES string of the molecule is O=C([C@@H]1CCCO1)N1CCOCC2(CCN(Cc3cccnc3)C2)C1. The van der Waals surface area contributed by atoms with Gasteiger partial charge in [0.25, 0.3) is 5.91 Å². The van der Waals surface area contributed by atoms with Crippen LogP contribution in [0.1, 0.15) is 24.8 Å². The summed E-state index contributed by atoms with van der Waals surface area (Å²) in [6.45, 7) is 6.48. The Kier molecular flexibility index (Phi) is 5.01. The van der Waals surface area contributed by atoms with E-state index in [9.17, 15) is 4.79 Å². The Hall–Kier alpha value is -1.50. The zero-order valence-electron chi connectivity index (χ0n) is 14.7.